The normalized spacial score (nSPS) is 16.4. The lowest BCUT2D eigenvalue weighted by Gasteiger charge is -2.41. The first-order chi connectivity index (χ1) is 10.7. The SMILES string of the molecule is C[N+]1(CCOc2ccc(/C=C/c3ccccc3)cc2)CCC1. The molecule has 2 aromatic carbocycles. The van der Waals surface area contributed by atoms with Crippen molar-refractivity contribution in [3.63, 3.8) is 0 Å². The highest BCUT2D eigenvalue weighted by molar-refractivity contribution is 5.69. The molecule has 0 bridgehead atoms. The van der Waals surface area contributed by atoms with Gasteiger partial charge in [-0.15, -0.1) is 0 Å². The monoisotopic (exact) mass is 294 g/mol. The van der Waals surface area contributed by atoms with Crippen LogP contribution >= 0.6 is 0 Å². The number of likely N-dealkylation sites (tertiary alicyclic amines) is 1. The Hall–Kier alpha value is -2.06. The Balaban J connectivity index is 1.50. The molecule has 1 aliphatic rings. The minimum absolute atomic E-state index is 0.801. The molecule has 1 aliphatic heterocycles. The lowest BCUT2D eigenvalue weighted by atomic mass is 10.1. The summed E-state index contributed by atoms with van der Waals surface area (Å²) in [6.45, 7) is 4.50. The second-order valence-corrected chi connectivity index (χ2v) is 6.31. The lowest BCUT2D eigenvalue weighted by Crippen LogP contribution is -2.56. The smallest absolute Gasteiger partial charge is 0.137 e. The zero-order valence-corrected chi connectivity index (χ0v) is 13.2. The molecule has 0 aromatic heterocycles. The maximum absolute atomic E-state index is 5.86. The summed E-state index contributed by atoms with van der Waals surface area (Å²) in [5.74, 6) is 0.962. The molecule has 0 spiro atoms. The molecule has 1 heterocycles. The zero-order chi connectivity index (χ0) is 15.3. The Labute approximate surface area is 133 Å². The fraction of sp³-hybridized carbons (Fsp3) is 0.300. The summed E-state index contributed by atoms with van der Waals surface area (Å²) in [6.07, 6.45) is 5.62. The van der Waals surface area contributed by atoms with E-state index in [-0.39, 0.29) is 0 Å². The molecule has 0 atom stereocenters. The van der Waals surface area contributed by atoms with Gasteiger partial charge in [0.05, 0.1) is 20.1 Å². The third kappa shape index (κ3) is 3.99. The first-order valence-corrected chi connectivity index (χ1v) is 8.03. The van der Waals surface area contributed by atoms with Gasteiger partial charge in [0.25, 0.3) is 0 Å². The maximum Gasteiger partial charge on any atom is 0.137 e. The van der Waals surface area contributed by atoms with E-state index in [4.69, 9.17) is 4.74 Å². The van der Waals surface area contributed by atoms with E-state index in [1.807, 2.05) is 6.07 Å². The van der Waals surface area contributed by atoms with E-state index in [1.165, 1.54) is 30.6 Å². The number of benzene rings is 2. The van der Waals surface area contributed by atoms with E-state index in [0.29, 0.717) is 0 Å². The number of rotatable bonds is 6. The summed E-state index contributed by atoms with van der Waals surface area (Å²) in [4.78, 5) is 0. The second kappa shape index (κ2) is 6.80. The Morgan fingerprint density at radius 2 is 1.55 bits per heavy atom. The zero-order valence-electron chi connectivity index (χ0n) is 13.2. The van der Waals surface area contributed by atoms with Gasteiger partial charge in [0, 0.05) is 6.42 Å². The average Bonchev–Trinajstić information content (AvgIpc) is 2.53. The van der Waals surface area contributed by atoms with Crippen LogP contribution in [0.25, 0.3) is 12.2 Å². The molecule has 0 aliphatic carbocycles. The van der Waals surface area contributed by atoms with Crippen LogP contribution in [0.1, 0.15) is 17.5 Å². The van der Waals surface area contributed by atoms with Gasteiger partial charge in [-0.2, -0.15) is 0 Å². The molecule has 22 heavy (non-hydrogen) atoms. The van der Waals surface area contributed by atoms with E-state index in [2.05, 4.69) is 67.7 Å². The Morgan fingerprint density at radius 1 is 0.909 bits per heavy atom. The van der Waals surface area contributed by atoms with Crippen molar-refractivity contribution in [2.45, 2.75) is 6.42 Å². The summed E-state index contributed by atoms with van der Waals surface area (Å²) in [5.41, 5.74) is 2.41. The fourth-order valence-corrected chi connectivity index (χ4v) is 2.74. The summed E-state index contributed by atoms with van der Waals surface area (Å²) in [6, 6.07) is 18.7. The molecule has 0 N–H and O–H groups in total. The summed E-state index contributed by atoms with van der Waals surface area (Å²) >= 11 is 0. The van der Waals surface area contributed by atoms with Gasteiger partial charge in [-0.3, -0.25) is 0 Å². The van der Waals surface area contributed by atoms with Crippen molar-refractivity contribution in [3.8, 4) is 5.75 Å². The van der Waals surface area contributed by atoms with Crippen LogP contribution in [0.2, 0.25) is 0 Å². The molecule has 0 unspecified atom stereocenters. The predicted molar refractivity (Wildman–Crippen MR) is 92.7 cm³/mol. The number of hydrogen-bond acceptors (Lipinski definition) is 1. The molecular weight excluding hydrogens is 270 g/mol. The standard InChI is InChI=1S/C20H24NO/c1-21(14-5-15-21)16-17-22-20-12-10-19(11-13-20)9-8-18-6-3-2-4-7-18/h2-4,6-13H,5,14-17H2,1H3/q+1/b9-8+. The highest BCUT2D eigenvalue weighted by Gasteiger charge is 2.29. The van der Waals surface area contributed by atoms with Crippen molar-refractivity contribution in [1.29, 1.82) is 0 Å². The number of likely N-dealkylation sites (N-methyl/N-ethyl adjacent to an activating group) is 1. The predicted octanol–water partition coefficient (Wildman–Crippen LogP) is 4.09. The van der Waals surface area contributed by atoms with Crippen molar-refractivity contribution < 1.29 is 9.22 Å². The maximum atomic E-state index is 5.86. The Kier molecular flexibility index (Phi) is 4.59. The minimum Gasteiger partial charge on any atom is -0.488 e. The minimum atomic E-state index is 0.801. The average molecular weight is 294 g/mol. The third-order valence-electron chi connectivity index (χ3n) is 4.44. The fourth-order valence-electron chi connectivity index (χ4n) is 2.74. The molecule has 0 amide bonds. The molecule has 1 saturated heterocycles. The summed E-state index contributed by atoms with van der Waals surface area (Å²) in [7, 11) is 2.31. The van der Waals surface area contributed by atoms with Crippen LogP contribution in [0, 0.1) is 0 Å². The van der Waals surface area contributed by atoms with Crippen LogP contribution in [-0.4, -0.2) is 37.8 Å². The van der Waals surface area contributed by atoms with Crippen molar-refractivity contribution in [3.05, 3.63) is 65.7 Å². The molecule has 0 saturated carbocycles. The van der Waals surface area contributed by atoms with Crippen LogP contribution in [0.4, 0.5) is 0 Å². The third-order valence-corrected chi connectivity index (χ3v) is 4.44. The molecule has 3 rings (SSSR count). The van der Waals surface area contributed by atoms with Gasteiger partial charge in [0.2, 0.25) is 0 Å². The van der Waals surface area contributed by atoms with Crippen LogP contribution in [-0.2, 0) is 0 Å². The quantitative estimate of drug-likeness (QED) is 0.576. The Morgan fingerprint density at radius 3 is 2.14 bits per heavy atom. The van der Waals surface area contributed by atoms with E-state index in [0.717, 1.165) is 23.4 Å². The van der Waals surface area contributed by atoms with Crippen molar-refractivity contribution in [2.24, 2.45) is 0 Å². The van der Waals surface area contributed by atoms with E-state index < -0.39 is 0 Å². The van der Waals surface area contributed by atoms with Gasteiger partial charge in [-0.25, -0.2) is 0 Å². The Bertz CT molecular complexity index is 612. The summed E-state index contributed by atoms with van der Waals surface area (Å²) < 4.78 is 7.02. The number of hydrogen-bond donors (Lipinski definition) is 0. The topological polar surface area (TPSA) is 9.23 Å². The van der Waals surface area contributed by atoms with Crippen molar-refractivity contribution in [2.75, 3.05) is 33.3 Å². The first-order valence-electron chi connectivity index (χ1n) is 8.03. The van der Waals surface area contributed by atoms with Gasteiger partial charge in [-0.05, 0) is 23.3 Å². The van der Waals surface area contributed by atoms with E-state index >= 15 is 0 Å². The van der Waals surface area contributed by atoms with Crippen LogP contribution in [0.3, 0.4) is 0 Å². The van der Waals surface area contributed by atoms with Gasteiger partial charge in [0.1, 0.15) is 18.9 Å². The van der Waals surface area contributed by atoms with Gasteiger partial charge in [0.15, 0.2) is 0 Å². The molecule has 0 radical (unpaired) electrons. The molecule has 2 aromatic rings. The highest BCUT2D eigenvalue weighted by atomic mass is 16.5. The summed E-state index contributed by atoms with van der Waals surface area (Å²) in [5, 5.41) is 0. The molecule has 2 heteroatoms. The van der Waals surface area contributed by atoms with Crippen LogP contribution in [0.5, 0.6) is 5.75 Å². The lowest BCUT2D eigenvalue weighted by molar-refractivity contribution is -0.946. The number of nitrogens with zero attached hydrogens (tertiary/aromatic N) is 1. The largest absolute Gasteiger partial charge is 0.488 e. The van der Waals surface area contributed by atoms with Crippen LogP contribution < -0.4 is 4.74 Å². The van der Waals surface area contributed by atoms with E-state index in [1.54, 1.807) is 0 Å². The number of quaternary nitrogens is 1. The molecule has 114 valence electrons. The highest BCUT2D eigenvalue weighted by Crippen LogP contribution is 2.18. The number of ether oxygens (including phenoxy) is 1. The molecular formula is C20H24NO+. The van der Waals surface area contributed by atoms with Gasteiger partial charge < -0.3 is 9.22 Å². The second-order valence-electron chi connectivity index (χ2n) is 6.31. The van der Waals surface area contributed by atoms with Crippen LogP contribution in [0.15, 0.2) is 54.6 Å². The van der Waals surface area contributed by atoms with Gasteiger partial charge in [-0.1, -0.05) is 54.6 Å². The molecule has 1 fully saturated rings. The van der Waals surface area contributed by atoms with Crippen molar-refractivity contribution >= 4 is 12.2 Å². The van der Waals surface area contributed by atoms with E-state index in [9.17, 15) is 0 Å². The van der Waals surface area contributed by atoms with Gasteiger partial charge >= 0.3 is 0 Å². The van der Waals surface area contributed by atoms with Crippen molar-refractivity contribution in [1.82, 2.24) is 0 Å². The molecule has 2 nitrogen and oxygen atoms in total. The first kappa shape index (κ1) is 14.9.